The zero-order chi connectivity index (χ0) is 11.6. The van der Waals surface area contributed by atoms with Gasteiger partial charge in [-0.2, -0.15) is 0 Å². The average Bonchev–Trinajstić information content (AvgIpc) is 2.10. The first-order valence-corrected chi connectivity index (χ1v) is 5.00. The number of primary amides is 1. The van der Waals surface area contributed by atoms with E-state index in [-0.39, 0.29) is 6.10 Å². The minimum atomic E-state index is -0.438. The molecule has 0 aromatic heterocycles. The van der Waals surface area contributed by atoms with E-state index in [4.69, 9.17) is 10.5 Å². The lowest BCUT2D eigenvalue weighted by atomic mass is 10.0. The zero-order valence-corrected chi connectivity index (χ0v) is 9.63. The molecule has 3 heteroatoms. The lowest BCUT2D eigenvalue weighted by molar-refractivity contribution is 0.0993. The molecule has 15 heavy (non-hydrogen) atoms. The first-order valence-electron chi connectivity index (χ1n) is 5.00. The largest absolute Gasteiger partial charge is 0.490 e. The smallest absolute Gasteiger partial charge is 0.252 e. The van der Waals surface area contributed by atoms with Crippen molar-refractivity contribution < 1.29 is 9.53 Å². The summed E-state index contributed by atoms with van der Waals surface area (Å²) in [5, 5.41) is 0. The molecule has 0 saturated heterocycles. The van der Waals surface area contributed by atoms with Crippen molar-refractivity contribution in [3.05, 3.63) is 28.8 Å². The van der Waals surface area contributed by atoms with Gasteiger partial charge in [-0.05, 0) is 38.8 Å². The normalized spacial score (nSPS) is 10.5. The Labute approximate surface area is 90.2 Å². The first-order chi connectivity index (χ1) is 6.93. The molecule has 82 valence electrons. The van der Waals surface area contributed by atoms with E-state index in [1.807, 2.05) is 39.8 Å². The molecule has 1 aromatic rings. The van der Waals surface area contributed by atoms with Crippen molar-refractivity contribution >= 4 is 5.91 Å². The topological polar surface area (TPSA) is 52.3 Å². The molecule has 0 radical (unpaired) electrons. The van der Waals surface area contributed by atoms with E-state index >= 15 is 0 Å². The van der Waals surface area contributed by atoms with Gasteiger partial charge in [-0.15, -0.1) is 0 Å². The summed E-state index contributed by atoms with van der Waals surface area (Å²) in [6.45, 7) is 7.61. The SMILES string of the molecule is Cc1ccc(C)c(C(N)=O)c1OC(C)C. The van der Waals surface area contributed by atoms with Crippen LogP contribution >= 0.6 is 0 Å². The first kappa shape index (κ1) is 11.6. The maximum absolute atomic E-state index is 11.3. The predicted molar refractivity (Wildman–Crippen MR) is 60.2 cm³/mol. The molecule has 0 unspecified atom stereocenters. The fourth-order valence-electron chi connectivity index (χ4n) is 1.48. The second kappa shape index (κ2) is 4.34. The van der Waals surface area contributed by atoms with Crippen molar-refractivity contribution in [3.63, 3.8) is 0 Å². The van der Waals surface area contributed by atoms with Gasteiger partial charge in [0.25, 0.3) is 5.91 Å². The highest BCUT2D eigenvalue weighted by Crippen LogP contribution is 2.27. The fourth-order valence-corrected chi connectivity index (χ4v) is 1.48. The van der Waals surface area contributed by atoms with E-state index in [2.05, 4.69) is 0 Å². The van der Waals surface area contributed by atoms with Gasteiger partial charge < -0.3 is 10.5 Å². The van der Waals surface area contributed by atoms with Gasteiger partial charge in [-0.25, -0.2) is 0 Å². The summed E-state index contributed by atoms with van der Waals surface area (Å²) in [6.07, 6.45) is 0.0311. The number of nitrogens with two attached hydrogens (primary N) is 1. The molecule has 0 saturated carbocycles. The number of hydrogen-bond acceptors (Lipinski definition) is 2. The Balaban J connectivity index is 3.31. The second-order valence-corrected chi connectivity index (χ2v) is 3.93. The van der Waals surface area contributed by atoms with Gasteiger partial charge >= 0.3 is 0 Å². The van der Waals surface area contributed by atoms with E-state index in [1.54, 1.807) is 0 Å². The van der Waals surface area contributed by atoms with Crippen molar-refractivity contribution in [3.8, 4) is 5.75 Å². The third-order valence-electron chi connectivity index (χ3n) is 2.16. The summed E-state index contributed by atoms with van der Waals surface area (Å²) < 4.78 is 5.62. The van der Waals surface area contributed by atoms with Crippen molar-refractivity contribution in [1.29, 1.82) is 0 Å². The molecule has 0 aliphatic rings. The molecular formula is C12H17NO2. The summed E-state index contributed by atoms with van der Waals surface area (Å²) >= 11 is 0. The third kappa shape index (κ3) is 2.49. The van der Waals surface area contributed by atoms with E-state index in [1.165, 1.54) is 0 Å². The minimum absolute atomic E-state index is 0.0311. The molecule has 0 atom stereocenters. The molecule has 1 aromatic carbocycles. The maximum atomic E-state index is 11.3. The Hall–Kier alpha value is -1.51. The molecule has 1 amide bonds. The third-order valence-corrected chi connectivity index (χ3v) is 2.16. The fraction of sp³-hybridized carbons (Fsp3) is 0.417. The number of ether oxygens (including phenoxy) is 1. The van der Waals surface area contributed by atoms with Crippen LogP contribution in [-0.2, 0) is 0 Å². The number of aryl methyl sites for hydroxylation is 2. The van der Waals surface area contributed by atoms with Gasteiger partial charge in [-0.3, -0.25) is 4.79 Å². The van der Waals surface area contributed by atoms with Crippen LogP contribution in [0.4, 0.5) is 0 Å². The van der Waals surface area contributed by atoms with Gasteiger partial charge in [0.2, 0.25) is 0 Å². The van der Waals surface area contributed by atoms with Crippen LogP contribution in [0.3, 0.4) is 0 Å². The molecule has 0 heterocycles. The molecule has 0 aliphatic carbocycles. The molecule has 0 bridgehead atoms. The average molecular weight is 207 g/mol. The predicted octanol–water partition coefficient (Wildman–Crippen LogP) is 2.19. The summed E-state index contributed by atoms with van der Waals surface area (Å²) in [5.41, 5.74) is 7.61. The number of carbonyl (C=O) groups excluding carboxylic acids is 1. The van der Waals surface area contributed by atoms with E-state index < -0.39 is 5.91 Å². The summed E-state index contributed by atoms with van der Waals surface area (Å²) in [4.78, 5) is 11.3. The number of hydrogen-bond donors (Lipinski definition) is 1. The molecule has 1 rings (SSSR count). The van der Waals surface area contributed by atoms with E-state index in [0.29, 0.717) is 11.3 Å². The van der Waals surface area contributed by atoms with Gasteiger partial charge in [0.15, 0.2) is 0 Å². The Morgan fingerprint density at radius 2 is 1.80 bits per heavy atom. The van der Waals surface area contributed by atoms with Gasteiger partial charge in [0.05, 0.1) is 11.7 Å². The van der Waals surface area contributed by atoms with Crippen LogP contribution in [0, 0.1) is 13.8 Å². The van der Waals surface area contributed by atoms with Crippen LogP contribution < -0.4 is 10.5 Å². The summed E-state index contributed by atoms with van der Waals surface area (Å²) in [5.74, 6) is 0.171. The lowest BCUT2D eigenvalue weighted by Gasteiger charge is -2.16. The second-order valence-electron chi connectivity index (χ2n) is 3.93. The van der Waals surface area contributed by atoms with Gasteiger partial charge in [-0.1, -0.05) is 12.1 Å². The van der Waals surface area contributed by atoms with Crippen molar-refractivity contribution in [2.24, 2.45) is 5.73 Å². The van der Waals surface area contributed by atoms with Gasteiger partial charge in [0.1, 0.15) is 5.75 Å². The Morgan fingerprint density at radius 1 is 1.27 bits per heavy atom. The number of carbonyl (C=O) groups is 1. The Kier molecular flexibility index (Phi) is 3.35. The highest BCUT2D eigenvalue weighted by molar-refractivity contribution is 5.97. The monoisotopic (exact) mass is 207 g/mol. The van der Waals surface area contributed by atoms with Crippen LogP contribution in [0.25, 0.3) is 0 Å². The van der Waals surface area contributed by atoms with Crippen LogP contribution in [0.2, 0.25) is 0 Å². The zero-order valence-electron chi connectivity index (χ0n) is 9.63. The highest BCUT2D eigenvalue weighted by Gasteiger charge is 2.15. The maximum Gasteiger partial charge on any atom is 0.252 e. The van der Waals surface area contributed by atoms with Gasteiger partial charge in [0, 0.05) is 0 Å². The van der Waals surface area contributed by atoms with Crippen molar-refractivity contribution in [2.75, 3.05) is 0 Å². The molecule has 0 fully saturated rings. The number of rotatable bonds is 3. The molecule has 3 nitrogen and oxygen atoms in total. The Bertz CT molecular complexity index is 383. The van der Waals surface area contributed by atoms with Crippen LogP contribution in [0.1, 0.15) is 35.3 Å². The quantitative estimate of drug-likeness (QED) is 0.826. The standard InChI is InChI=1S/C12H17NO2/c1-7(2)15-11-9(4)6-5-8(3)10(11)12(13)14/h5-7H,1-4H3,(H2,13,14). The lowest BCUT2D eigenvalue weighted by Crippen LogP contribution is -2.17. The number of amides is 1. The number of benzene rings is 1. The van der Waals surface area contributed by atoms with E-state index in [9.17, 15) is 4.79 Å². The van der Waals surface area contributed by atoms with Crippen LogP contribution in [-0.4, -0.2) is 12.0 Å². The minimum Gasteiger partial charge on any atom is -0.490 e. The van der Waals surface area contributed by atoms with Crippen molar-refractivity contribution in [2.45, 2.75) is 33.8 Å². The molecular weight excluding hydrogens is 190 g/mol. The molecule has 2 N–H and O–H groups in total. The Morgan fingerprint density at radius 3 is 2.27 bits per heavy atom. The molecule has 0 spiro atoms. The summed E-state index contributed by atoms with van der Waals surface area (Å²) in [6, 6.07) is 3.81. The van der Waals surface area contributed by atoms with Crippen molar-refractivity contribution in [1.82, 2.24) is 0 Å². The van der Waals surface area contributed by atoms with Crippen LogP contribution in [0.5, 0.6) is 5.75 Å². The molecule has 0 aliphatic heterocycles. The van der Waals surface area contributed by atoms with Crippen LogP contribution in [0.15, 0.2) is 12.1 Å². The highest BCUT2D eigenvalue weighted by atomic mass is 16.5. The van der Waals surface area contributed by atoms with E-state index in [0.717, 1.165) is 11.1 Å². The summed E-state index contributed by atoms with van der Waals surface area (Å²) in [7, 11) is 0.